The third-order valence-electron chi connectivity index (χ3n) is 3.64. The van der Waals surface area contributed by atoms with Gasteiger partial charge in [-0.2, -0.15) is 0 Å². The van der Waals surface area contributed by atoms with E-state index in [0.717, 1.165) is 0 Å². The van der Waals surface area contributed by atoms with E-state index in [4.69, 9.17) is 5.73 Å². The van der Waals surface area contributed by atoms with E-state index in [1.54, 1.807) is 24.2 Å². The molecule has 1 unspecified atom stereocenters. The quantitative estimate of drug-likeness (QED) is 0.827. The van der Waals surface area contributed by atoms with Gasteiger partial charge in [0.1, 0.15) is 0 Å². The Morgan fingerprint density at radius 1 is 1.29 bits per heavy atom. The monoisotopic (exact) mass is 288 g/mol. The number of aromatic amines is 1. The Morgan fingerprint density at radius 2 is 2.10 bits per heavy atom. The van der Waals surface area contributed by atoms with Crippen LogP contribution in [0.5, 0.6) is 0 Å². The van der Waals surface area contributed by atoms with Crippen molar-refractivity contribution in [2.75, 3.05) is 0 Å². The Morgan fingerprint density at radius 3 is 2.62 bits per heavy atom. The first kappa shape index (κ1) is 17.2. The lowest BCUT2D eigenvalue weighted by molar-refractivity contribution is 0.570. The molecule has 21 heavy (non-hydrogen) atoms. The van der Waals surface area contributed by atoms with Gasteiger partial charge in [-0.05, 0) is 31.0 Å². The fourth-order valence-electron chi connectivity index (χ4n) is 2.47. The predicted octanol–water partition coefficient (Wildman–Crippen LogP) is 4.13. The summed E-state index contributed by atoms with van der Waals surface area (Å²) in [7, 11) is 0. The first-order valence-electron chi connectivity index (χ1n) is 7.92. The molecule has 1 aliphatic rings. The molecule has 0 amide bonds. The number of hydrogen-bond acceptors (Lipinski definition) is 3. The second kappa shape index (κ2) is 10.9. The van der Waals surface area contributed by atoms with Crippen molar-refractivity contribution in [2.45, 2.75) is 52.4 Å². The molecule has 116 valence electrons. The van der Waals surface area contributed by atoms with Gasteiger partial charge < -0.3 is 5.73 Å². The van der Waals surface area contributed by atoms with Gasteiger partial charge in [0.15, 0.2) is 0 Å². The molecule has 0 spiro atoms. The molecule has 3 N–H and O–H groups in total. The molecular weight excluding hydrogens is 260 g/mol. The van der Waals surface area contributed by atoms with Crippen molar-refractivity contribution >= 4 is 0 Å². The van der Waals surface area contributed by atoms with Crippen LogP contribution in [0.4, 0.5) is 0 Å². The molecule has 1 atom stereocenters. The van der Waals surface area contributed by atoms with Gasteiger partial charge in [0.2, 0.25) is 0 Å². The zero-order chi connectivity index (χ0) is 15.3. The number of H-pyrrole nitrogens is 1. The zero-order valence-corrected chi connectivity index (χ0v) is 13.3. The average Bonchev–Trinajstić information content (AvgIpc) is 3.10. The highest BCUT2D eigenvalue weighted by Crippen LogP contribution is 2.32. The second-order valence-corrected chi connectivity index (χ2v) is 5.23. The molecule has 0 aromatic carbocycles. The van der Waals surface area contributed by atoms with E-state index in [1.165, 1.54) is 44.1 Å². The molecule has 1 aromatic rings. The molecule has 0 radical (unpaired) electrons. The molecule has 4 heteroatoms. The third-order valence-corrected chi connectivity index (χ3v) is 3.64. The fourth-order valence-corrected chi connectivity index (χ4v) is 2.47. The standard InChI is InChI=1S/C15H25N.C2H3N3/c1-3-5-8-13-9-7-10-14(12-16)15(13)11-6-4-2;1-2-4-5-3-1/h7,9-10,12,15H,3-6,8,11,16H2,1-2H3;1-2H,(H,3,4,5). The number of nitrogens with one attached hydrogen (secondary N) is 1. The smallest absolute Gasteiger partial charge is 0.0690 e. The summed E-state index contributed by atoms with van der Waals surface area (Å²) < 4.78 is 0. The molecule has 1 aliphatic carbocycles. The van der Waals surface area contributed by atoms with Crippen LogP contribution in [-0.4, -0.2) is 15.4 Å². The molecule has 2 rings (SSSR count). The molecule has 0 saturated carbocycles. The van der Waals surface area contributed by atoms with Crippen LogP contribution < -0.4 is 5.73 Å². The van der Waals surface area contributed by atoms with E-state index in [9.17, 15) is 0 Å². The summed E-state index contributed by atoms with van der Waals surface area (Å²) in [5.74, 6) is 0.585. The van der Waals surface area contributed by atoms with Crippen LogP contribution in [0.15, 0.2) is 48.0 Å². The van der Waals surface area contributed by atoms with Crippen molar-refractivity contribution in [2.24, 2.45) is 11.7 Å². The van der Waals surface area contributed by atoms with Crippen LogP contribution in [0, 0.1) is 5.92 Å². The Kier molecular flexibility index (Phi) is 8.93. The predicted molar refractivity (Wildman–Crippen MR) is 88.4 cm³/mol. The minimum atomic E-state index is 0.585. The van der Waals surface area contributed by atoms with Crippen LogP contribution in [0.2, 0.25) is 0 Å². The van der Waals surface area contributed by atoms with Crippen molar-refractivity contribution in [3.63, 3.8) is 0 Å². The second-order valence-electron chi connectivity index (χ2n) is 5.23. The van der Waals surface area contributed by atoms with Crippen molar-refractivity contribution in [1.29, 1.82) is 0 Å². The van der Waals surface area contributed by atoms with E-state index in [-0.39, 0.29) is 0 Å². The molecule has 4 nitrogen and oxygen atoms in total. The molecule has 0 aliphatic heterocycles. The van der Waals surface area contributed by atoms with Crippen molar-refractivity contribution in [3.05, 3.63) is 48.0 Å². The van der Waals surface area contributed by atoms with Gasteiger partial charge in [0, 0.05) is 12.1 Å². The molecule has 0 saturated heterocycles. The number of hydrogen-bond donors (Lipinski definition) is 2. The van der Waals surface area contributed by atoms with E-state index in [1.807, 2.05) is 0 Å². The summed E-state index contributed by atoms with van der Waals surface area (Å²) in [6, 6.07) is 0. The maximum Gasteiger partial charge on any atom is 0.0690 e. The number of nitrogens with zero attached hydrogens (tertiary/aromatic N) is 2. The lowest BCUT2D eigenvalue weighted by Gasteiger charge is -2.24. The van der Waals surface area contributed by atoms with E-state index >= 15 is 0 Å². The van der Waals surface area contributed by atoms with Crippen LogP contribution in [-0.2, 0) is 0 Å². The maximum absolute atomic E-state index is 5.72. The summed E-state index contributed by atoms with van der Waals surface area (Å²) in [5, 5.41) is 9.26. The third kappa shape index (κ3) is 6.43. The fraction of sp³-hybridized carbons (Fsp3) is 0.529. The largest absolute Gasteiger partial charge is 0.404 e. The van der Waals surface area contributed by atoms with Gasteiger partial charge in [0.05, 0.1) is 6.20 Å². The highest BCUT2D eigenvalue weighted by molar-refractivity contribution is 5.37. The average molecular weight is 288 g/mol. The Bertz CT molecular complexity index is 426. The number of rotatable bonds is 6. The van der Waals surface area contributed by atoms with Crippen LogP contribution in [0.3, 0.4) is 0 Å². The van der Waals surface area contributed by atoms with Crippen LogP contribution in [0.25, 0.3) is 0 Å². The summed E-state index contributed by atoms with van der Waals surface area (Å²) in [6.45, 7) is 4.50. The van der Waals surface area contributed by atoms with E-state index in [2.05, 4.69) is 47.5 Å². The first-order valence-corrected chi connectivity index (χ1v) is 7.92. The molecule has 1 aromatic heterocycles. The number of allylic oxidation sites excluding steroid dienone is 5. The number of unbranched alkanes of at least 4 members (excludes halogenated alkanes) is 2. The normalized spacial score (nSPS) is 19.0. The Hall–Kier alpha value is -1.84. The van der Waals surface area contributed by atoms with Gasteiger partial charge in [-0.1, -0.05) is 62.1 Å². The van der Waals surface area contributed by atoms with Gasteiger partial charge in [0.25, 0.3) is 0 Å². The lowest BCUT2D eigenvalue weighted by atomic mass is 9.81. The van der Waals surface area contributed by atoms with Gasteiger partial charge in [-0.25, -0.2) is 0 Å². The molecule has 0 bridgehead atoms. The SMILES string of the molecule is CCCCC1=CC=CC(=CN)C1CCCC.c1c[nH]nn1. The molecule has 0 fully saturated rings. The van der Waals surface area contributed by atoms with Crippen LogP contribution >= 0.6 is 0 Å². The highest BCUT2D eigenvalue weighted by atomic mass is 15.3. The summed E-state index contributed by atoms with van der Waals surface area (Å²) >= 11 is 0. The zero-order valence-electron chi connectivity index (χ0n) is 13.3. The minimum Gasteiger partial charge on any atom is -0.404 e. The number of nitrogens with two attached hydrogens (primary N) is 1. The van der Waals surface area contributed by atoms with Gasteiger partial charge >= 0.3 is 0 Å². The van der Waals surface area contributed by atoms with Crippen molar-refractivity contribution < 1.29 is 0 Å². The summed E-state index contributed by atoms with van der Waals surface area (Å²) in [6.07, 6.45) is 19.2. The maximum atomic E-state index is 5.72. The highest BCUT2D eigenvalue weighted by Gasteiger charge is 2.18. The topological polar surface area (TPSA) is 67.6 Å². The lowest BCUT2D eigenvalue weighted by Crippen LogP contribution is -2.11. The van der Waals surface area contributed by atoms with E-state index in [0.29, 0.717) is 5.92 Å². The first-order chi connectivity index (χ1) is 10.3. The molecule has 1 heterocycles. The van der Waals surface area contributed by atoms with Crippen LogP contribution in [0.1, 0.15) is 52.4 Å². The minimum absolute atomic E-state index is 0.585. The Labute approximate surface area is 128 Å². The Balaban J connectivity index is 0.000000369. The van der Waals surface area contributed by atoms with Crippen molar-refractivity contribution in [1.82, 2.24) is 15.4 Å². The van der Waals surface area contributed by atoms with Crippen molar-refractivity contribution in [3.8, 4) is 0 Å². The molecular formula is C17H28N4. The van der Waals surface area contributed by atoms with E-state index < -0.39 is 0 Å². The summed E-state index contributed by atoms with van der Waals surface area (Å²) in [4.78, 5) is 0. The number of aromatic nitrogens is 3. The van der Waals surface area contributed by atoms with Gasteiger partial charge in [-0.15, -0.1) is 5.10 Å². The summed E-state index contributed by atoms with van der Waals surface area (Å²) in [5.41, 5.74) is 8.60. The van der Waals surface area contributed by atoms with Gasteiger partial charge in [-0.3, -0.25) is 5.10 Å².